The summed E-state index contributed by atoms with van der Waals surface area (Å²) in [5, 5.41) is 10.4. The molecular weight excluding hydrogens is 301 g/mol. The van der Waals surface area contributed by atoms with E-state index in [9.17, 15) is 18.3 Å². The van der Waals surface area contributed by atoms with Crippen LogP contribution in [0.15, 0.2) is 47.6 Å². The van der Waals surface area contributed by atoms with Gasteiger partial charge >= 0.3 is 6.18 Å². The Morgan fingerprint density at radius 3 is 2.33 bits per heavy atom. The van der Waals surface area contributed by atoms with Crippen LogP contribution in [-0.4, -0.2) is 15.8 Å². The summed E-state index contributed by atoms with van der Waals surface area (Å²) >= 11 is 1.19. The van der Waals surface area contributed by atoms with Gasteiger partial charge in [0.2, 0.25) is 0 Å². The Labute approximate surface area is 124 Å². The van der Waals surface area contributed by atoms with Crippen molar-refractivity contribution in [3.8, 4) is 0 Å². The van der Waals surface area contributed by atoms with Gasteiger partial charge in [0.05, 0.1) is 16.7 Å². The molecule has 3 nitrogen and oxygen atoms in total. The molecule has 1 aromatic carbocycles. The molecule has 0 fully saturated rings. The molecule has 0 amide bonds. The average Bonchev–Trinajstić information content (AvgIpc) is 2.45. The first kappa shape index (κ1) is 15.7. The fourth-order valence-electron chi connectivity index (χ4n) is 1.61. The van der Waals surface area contributed by atoms with E-state index in [1.807, 2.05) is 0 Å². The number of halogens is 3. The zero-order chi connectivity index (χ0) is 15.5. The molecule has 2 aromatic rings. The number of anilines is 1. The summed E-state index contributed by atoms with van der Waals surface area (Å²) in [6.45, 7) is 0. The van der Waals surface area contributed by atoms with Gasteiger partial charge in [-0.1, -0.05) is 12.1 Å². The number of aromatic nitrogens is 1. The summed E-state index contributed by atoms with van der Waals surface area (Å²) in [4.78, 5) is 3.74. The molecule has 0 radical (unpaired) electrons. The van der Waals surface area contributed by atoms with Crippen LogP contribution in [0, 0.1) is 0 Å². The zero-order valence-corrected chi connectivity index (χ0v) is 11.7. The number of nitrogens with zero attached hydrogens (tertiary/aromatic N) is 1. The normalized spacial score (nSPS) is 13.1. The fourth-order valence-corrected chi connectivity index (χ4v) is 2.42. The lowest BCUT2D eigenvalue weighted by molar-refractivity contribution is -0.137. The largest absolute Gasteiger partial charge is 0.417 e. The van der Waals surface area contributed by atoms with E-state index in [0.717, 1.165) is 12.3 Å². The van der Waals surface area contributed by atoms with E-state index in [-0.39, 0.29) is 0 Å². The van der Waals surface area contributed by atoms with E-state index in [1.165, 1.54) is 17.8 Å². The van der Waals surface area contributed by atoms with Crippen molar-refractivity contribution in [2.45, 2.75) is 17.3 Å². The Balaban J connectivity index is 1.95. The monoisotopic (exact) mass is 314 g/mol. The number of hydrogen-bond donors (Lipinski definition) is 2. The SMILES string of the molecule is Nc1ccc(C(O)CSc2ccc(C(F)(F)F)cn2)cc1. The lowest BCUT2D eigenvalue weighted by Crippen LogP contribution is -2.05. The van der Waals surface area contributed by atoms with Crippen molar-refractivity contribution in [1.82, 2.24) is 4.98 Å². The predicted molar refractivity (Wildman–Crippen MR) is 75.8 cm³/mol. The number of nitrogen functional groups attached to an aromatic ring is 1. The van der Waals surface area contributed by atoms with E-state index < -0.39 is 17.8 Å². The quantitative estimate of drug-likeness (QED) is 0.670. The smallest absolute Gasteiger partial charge is 0.399 e. The number of pyridine rings is 1. The maximum absolute atomic E-state index is 12.4. The summed E-state index contributed by atoms with van der Waals surface area (Å²) in [6, 6.07) is 9.05. The number of benzene rings is 1. The molecule has 1 heterocycles. The van der Waals surface area contributed by atoms with Gasteiger partial charge in [-0.2, -0.15) is 13.2 Å². The van der Waals surface area contributed by atoms with Gasteiger partial charge in [0.1, 0.15) is 0 Å². The molecule has 0 bridgehead atoms. The molecule has 7 heteroatoms. The molecule has 3 N–H and O–H groups in total. The van der Waals surface area contributed by atoms with E-state index >= 15 is 0 Å². The molecule has 0 aliphatic carbocycles. The van der Waals surface area contributed by atoms with Crippen molar-refractivity contribution < 1.29 is 18.3 Å². The van der Waals surface area contributed by atoms with Crippen molar-refractivity contribution >= 4 is 17.4 Å². The molecule has 112 valence electrons. The van der Waals surface area contributed by atoms with E-state index in [0.29, 0.717) is 22.0 Å². The highest BCUT2D eigenvalue weighted by Crippen LogP contribution is 2.30. The Bertz CT molecular complexity index is 585. The Morgan fingerprint density at radius 1 is 1.14 bits per heavy atom. The van der Waals surface area contributed by atoms with Gasteiger partial charge in [-0.25, -0.2) is 4.98 Å². The number of alkyl halides is 3. The lowest BCUT2D eigenvalue weighted by atomic mass is 10.1. The first-order valence-electron chi connectivity index (χ1n) is 6.06. The van der Waals surface area contributed by atoms with Gasteiger partial charge in [0.25, 0.3) is 0 Å². The topological polar surface area (TPSA) is 59.1 Å². The highest BCUT2D eigenvalue weighted by molar-refractivity contribution is 7.99. The summed E-state index contributed by atoms with van der Waals surface area (Å²) in [7, 11) is 0. The third-order valence-corrected chi connectivity index (χ3v) is 3.79. The Morgan fingerprint density at radius 2 is 1.81 bits per heavy atom. The minimum atomic E-state index is -4.39. The lowest BCUT2D eigenvalue weighted by Gasteiger charge is -2.11. The number of nitrogens with two attached hydrogens (primary N) is 1. The third kappa shape index (κ3) is 4.37. The van der Waals surface area contributed by atoms with Crippen molar-refractivity contribution in [2.75, 3.05) is 11.5 Å². The van der Waals surface area contributed by atoms with Crippen molar-refractivity contribution in [3.63, 3.8) is 0 Å². The summed E-state index contributed by atoms with van der Waals surface area (Å²) in [5.74, 6) is 0.294. The third-order valence-electron chi connectivity index (χ3n) is 2.77. The number of rotatable bonds is 4. The molecule has 0 saturated heterocycles. The zero-order valence-electron chi connectivity index (χ0n) is 10.8. The van der Waals surface area contributed by atoms with Crippen LogP contribution in [-0.2, 0) is 6.18 Å². The fraction of sp³-hybridized carbons (Fsp3) is 0.214. The predicted octanol–water partition coefficient (Wildman–Crippen LogP) is 3.51. The molecule has 1 unspecified atom stereocenters. The van der Waals surface area contributed by atoms with Gasteiger partial charge < -0.3 is 10.8 Å². The summed E-state index contributed by atoms with van der Waals surface area (Å²) in [6.07, 6.45) is -4.34. The van der Waals surface area contributed by atoms with Crippen LogP contribution in [0.5, 0.6) is 0 Å². The van der Waals surface area contributed by atoms with Gasteiger partial charge in [0.15, 0.2) is 0 Å². The number of hydrogen-bond acceptors (Lipinski definition) is 4. The highest BCUT2D eigenvalue weighted by atomic mass is 32.2. The van der Waals surface area contributed by atoms with Crippen molar-refractivity contribution in [3.05, 3.63) is 53.7 Å². The average molecular weight is 314 g/mol. The van der Waals surface area contributed by atoms with Crippen LogP contribution in [0.2, 0.25) is 0 Å². The van der Waals surface area contributed by atoms with Crippen LogP contribution >= 0.6 is 11.8 Å². The molecule has 0 aliphatic heterocycles. The van der Waals surface area contributed by atoms with E-state index in [4.69, 9.17) is 5.73 Å². The molecule has 0 saturated carbocycles. The number of aliphatic hydroxyl groups is 1. The second-order valence-corrected chi connectivity index (χ2v) is 5.42. The Hall–Kier alpha value is -1.73. The number of aliphatic hydroxyl groups excluding tert-OH is 1. The minimum Gasteiger partial charge on any atom is -0.399 e. The second-order valence-electron chi connectivity index (χ2n) is 4.38. The standard InChI is InChI=1S/C14H13F3N2OS/c15-14(16,17)10-3-6-13(19-7-10)21-8-12(20)9-1-4-11(18)5-2-9/h1-7,12,20H,8,18H2. The molecule has 2 rings (SSSR count). The summed E-state index contributed by atoms with van der Waals surface area (Å²) in [5.41, 5.74) is 6.06. The maximum atomic E-state index is 12.4. The number of thioether (sulfide) groups is 1. The van der Waals surface area contributed by atoms with E-state index in [2.05, 4.69) is 4.98 Å². The van der Waals surface area contributed by atoms with Gasteiger partial charge in [0, 0.05) is 17.6 Å². The van der Waals surface area contributed by atoms with E-state index in [1.54, 1.807) is 24.3 Å². The van der Waals surface area contributed by atoms with Gasteiger partial charge in [-0.3, -0.25) is 0 Å². The maximum Gasteiger partial charge on any atom is 0.417 e. The minimum absolute atomic E-state index is 0.294. The molecule has 1 atom stereocenters. The first-order chi connectivity index (χ1) is 9.86. The van der Waals surface area contributed by atoms with Crippen LogP contribution in [0.1, 0.15) is 17.2 Å². The van der Waals surface area contributed by atoms with Gasteiger partial charge in [-0.05, 0) is 29.8 Å². The summed E-state index contributed by atoms with van der Waals surface area (Å²) < 4.78 is 37.2. The van der Waals surface area contributed by atoms with Crippen molar-refractivity contribution in [2.24, 2.45) is 0 Å². The van der Waals surface area contributed by atoms with Crippen LogP contribution in [0.25, 0.3) is 0 Å². The molecule has 0 aliphatic rings. The molecule has 1 aromatic heterocycles. The first-order valence-corrected chi connectivity index (χ1v) is 7.04. The molecule has 0 spiro atoms. The van der Waals surface area contributed by atoms with Crippen LogP contribution in [0.4, 0.5) is 18.9 Å². The highest BCUT2D eigenvalue weighted by Gasteiger charge is 2.30. The van der Waals surface area contributed by atoms with Gasteiger partial charge in [-0.15, -0.1) is 11.8 Å². The van der Waals surface area contributed by atoms with Crippen molar-refractivity contribution in [1.29, 1.82) is 0 Å². The second kappa shape index (κ2) is 6.36. The molecular formula is C14H13F3N2OS. The molecule has 21 heavy (non-hydrogen) atoms. The van der Waals surface area contributed by atoms with Crippen LogP contribution < -0.4 is 5.73 Å². The Kier molecular flexibility index (Phi) is 4.74. The van der Waals surface area contributed by atoms with Crippen LogP contribution in [0.3, 0.4) is 0 Å².